The Morgan fingerprint density at radius 2 is 1.53 bits per heavy atom. The van der Waals surface area contributed by atoms with Gasteiger partial charge in [0.1, 0.15) is 6.61 Å². The molecule has 0 bridgehead atoms. The molecular formula is C18H25N3O8S. The molecule has 0 saturated carbocycles. The number of hydrogen-bond donors (Lipinski definition) is 3. The van der Waals surface area contributed by atoms with Gasteiger partial charge in [0.25, 0.3) is 5.91 Å². The number of nitrogens with one attached hydrogen (secondary N) is 3. The third-order valence-electron chi connectivity index (χ3n) is 3.58. The fourth-order valence-electron chi connectivity index (χ4n) is 2.14. The van der Waals surface area contributed by atoms with Crippen molar-refractivity contribution in [2.24, 2.45) is 0 Å². The zero-order chi connectivity index (χ0) is 22.5. The van der Waals surface area contributed by atoms with Gasteiger partial charge in [0.15, 0.2) is 16.6 Å². The summed E-state index contributed by atoms with van der Waals surface area (Å²) in [6.07, 6.45) is -0.246. The van der Waals surface area contributed by atoms with Crippen LogP contribution in [0.15, 0.2) is 12.1 Å². The number of amides is 2. The average Bonchev–Trinajstić information content (AvgIpc) is 2.74. The molecule has 0 atom stereocenters. The van der Waals surface area contributed by atoms with Crippen molar-refractivity contribution in [3.63, 3.8) is 0 Å². The predicted octanol–water partition coefficient (Wildman–Crippen LogP) is 0.318. The van der Waals surface area contributed by atoms with Crippen LogP contribution in [0.1, 0.15) is 23.2 Å². The summed E-state index contributed by atoms with van der Waals surface area (Å²) in [4.78, 5) is 35.6. The molecule has 166 valence electrons. The van der Waals surface area contributed by atoms with E-state index in [1.807, 2.05) is 0 Å². The largest absolute Gasteiger partial charge is 0.493 e. The lowest BCUT2D eigenvalue weighted by Gasteiger charge is -2.15. The van der Waals surface area contributed by atoms with Crippen molar-refractivity contribution in [2.75, 3.05) is 41.7 Å². The van der Waals surface area contributed by atoms with Crippen LogP contribution in [0, 0.1) is 0 Å². The number of benzene rings is 1. The van der Waals surface area contributed by atoms with Crippen molar-refractivity contribution in [1.29, 1.82) is 0 Å². The Morgan fingerprint density at radius 1 is 0.900 bits per heavy atom. The zero-order valence-corrected chi connectivity index (χ0v) is 18.0. The summed E-state index contributed by atoms with van der Waals surface area (Å²) in [5.41, 5.74) is 4.94. The molecule has 3 N–H and O–H groups in total. The summed E-state index contributed by atoms with van der Waals surface area (Å²) in [6, 6.07) is 2.91. The number of carbonyl (C=O) groups is 3. The van der Waals surface area contributed by atoms with E-state index >= 15 is 0 Å². The van der Waals surface area contributed by atoms with Crippen LogP contribution < -0.4 is 30.4 Å². The quantitative estimate of drug-likeness (QED) is 0.201. The fourth-order valence-corrected chi connectivity index (χ4v) is 2.31. The van der Waals surface area contributed by atoms with E-state index < -0.39 is 17.8 Å². The Hall–Kier alpha value is -3.12. The van der Waals surface area contributed by atoms with E-state index in [1.165, 1.54) is 40.6 Å². The van der Waals surface area contributed by atoms with Crippen LogP contribution in [-0.4, -0.2) is 64.5 Å². The molecule has 1 aromatic rings. The third kappa shape index (κ3) is 8.09. The van der Waals surface area contributed by atoms with E-state index in [0.717, 1.165) is 0 Å². The molecule has 0 spiro atoms. The van der Waals surface area contributed by atoms with Gasteiger partial charge in [-0.05, 0) is 24.4 Å². The van der Waals surface area contributed by atoms with Crippen molar-refractivity contribution in [3.8, 4) is 17.2 Å². The predicted molar refractivity (Wildman–Crippen MR) is 110 cm³/mol. The Labute approximate surface area is 179 Å². The van der Waals surface area contributed by atoms with Gasteiger partial charge in [0.05, 0.1) is 34.4 Å². The summed E-state index contributed by atoms with van der Waals surface area (Å²) >= 11 is 4.94. The number of hydrogen-bond acceptors (Lipinski definition) is 9. The van der Waals surface area contributed by atoms with Gasteiger partial charge in [-0.1, -0.05) is 0 Å². The molecule has 0 heterocycles. The van der Waals surface area contributed by atoms with E-state index in [4.69, 9.17) is 35.9 Å². The van der Waals surface area contributed by atoms with Crippen LogP contribution in [-0.2, 0) is 19.1 Å². The lowest BCUT2D eigenvalue weighted by Crippen LogP contribution is -2.48. The minimum absolute atomic E-state index is 0.115. The van der Waals surface area contributed by atoms with Crippen molar-refractivity contribution in [1.82, 2.24) is 16.2 Å². The Balaban J connectivity index is 2.52. The summed E-state index contributed by atoms with van der Waals surface area (Å²) in [7, 11) is 5.78. The van der Waals surface area contributed by atoms with E-state index in [-0.39, 0.29) is 36.7 Å². The number of ether oxygens (including phenoxy) is 5. The van der Waals surface area contributed by atoms with Crippen LogP contribution in [0.2, 0.25) is 0 Å². The Morgan fingerprint density at radius 3 is 2.07 bits per heavy atom. The Bertz CT molecular complexity index is 747. The monoisotopic (exact) mass is 443 g/mol. The second-order valence-corrected chi connectivity index (χ2v) is 5.99. The van der Waals surface area contributed by atoms with Gasteiger partial charge in [0.2, 0.25) is 11.7 Å². The van der Waals surface area contributed by atoms with Crippen LogP contribution >= 0.6 is 12.2 Å². The highest BCUT2D eigenvalue weighted by atomic mass is 32.1. The van der Waals surface area contributed by atoms with Gasteiger partial charge < -0.3 is 29.0 Å². The first-order valence-corrected chi connectivity index (χ1v) is 9.11. The molecular weight excluding hydrogens is 418 g/mol. The maximum atomic E-state index is 12.3. The van der Waals surface area contributed by atoms with Gasteiger partial charge in [-0.15, -0.1) is 0 Å². The third-order valence-corrected chi connectivity index (χ3v) is 3.78. The first-order chi connectivity index (χ1) is 14.4. The number of esters is 1. The Kier molecular flexibility index (Phi) is 10.9. The normalized spacial score (nSPS) is 9.87. The minimum Gasteiger partial charge on any atom is -0.493 e. The van der Waals surface area contributed by atoms with Crippen LogP contribution in [0.4, 0.5) is 0 Å². The molecule has 0 radical (unpaired) electrons. The SMILES string of the molecule is COCCOC(=O)CCC(=O)NC(=S)NNC(=O)c1cc(OC)c(OC)c(OC)c1. The van der Waals surface area contributed by atoms with Crippen molar-refractivity contribution in [2.45, 2.75) is 12.8 Å². The fraction of sp³-hybridized carbons (Fsp3) is 0.444. The molecule has 12 heteroatoms. The second-order valence-electron chi connectivity index (χ2n) is 5.58. The molecule has 30 heavy (non-hydrogen) atoms. The zero-order valence-electron chi connectivity index (χ0n) is 17.2. The number of carbonyl (C=O) groups excluding carboxylic acids is 3. The highest BCUT2D eigenvalue weighted by Gasteiger charge is 2.17. The first kappa shape index (κ1) is 24.9. The summed E-state index contributed by atoms with van der Waals surface area (Å²) in [5, 5.41) is 2.19. The van der Waals surface area contributed by atoms with Crippen molar-refractivity contribution < 1.29 is 38.1 Å². The van der Waals surface area contributed by atoms with Crippen molar-refractivity contribution in [3.05, 3.63) is 17.7 Å². The second kappa shape index (κ2) is 13.2. The molecule has 1 rings (SSSR count). The molecule has 0 unspecified atom stereocenters. The number of thiocarbonyl (C=S) groups is 1. The van der Waals surface area contributed by atoms with E-state index in [9.17, 15) is 14.4 Å². The van der Waals surface area contributed by atoms with Gasteiger partial charge in [0, 0.05) is 19.1 Å². The topological polar surface area (TPSA) is 133 Å². The molecule has 0 aliphatic rings. The number of rotatable bonds is 10. The molecule has 0 aliphatic carbocycles. The van der Waals surface area contributed by atoms with Gasteiger partial charge in [-0.25, -0.2) is 0 Å². The summed E-state index contributed by atoms with van der Waals surface area (Å²) in [5.74, 6) is -0.666. The minimum atomic E-state index is -0.562. The molecule has 0 fully saturated rings. The first-order valence-electron chi connectivity index (χ1n) is 8.71. The van der Waals surface area contributed by atoms with E-state index in [2.05, 4.69) is 16.2 Å². The van der Waals surface area contributed by atoms with Crippen LogP contribution in [0.25, 0.3) is 0 Å². The molecule has 0 saturated heterocycles. The highest BCUT2D eigenvalue weighted by Crippen LogP contribution is 2.38. The lowest BCUT2D eigenvalue weighted by atomic mass is 10.1. The number of hydrazine groups is 1. The smallest absolute Gasteiger partial charge is 0.306 e. The maximum absolute atomic E-state index is 12.3. The molecule has 2 amide bonds. The van der Waals surface area contributed by atoms with Crippen LogP contribution in [0.5, 0.6) is 17.2 Å². The van der Waals surface area contributed by atoms with Crippen LogP contribution in [0.3, 0.4) is 0 Å². The van der Waals surface area contributed by atoms with E-state index in [0.29, 0.717) is 17.2 Å². The molecule has 0 aromatic heterocycles. The summed E-state index contributed by atoms with van der Waals surface area (Å²) < 4.78 is 25.2. The maximum Gasteiger partial charge on any atom is 0.306 e. The molecule has 1 aromatic carbocycles. The standard InChI is InChI=1S/C18H25N3O8S/c1-25-7-8-29-15(23)6-5-14(22)19-18(30)21-20-17(24)11-9-12(26-2)16(28-4)13(10-11)27-3/h9-10H,5-8H2,1-4H3,(H,20,24)(H2,19,21,22,30). The lowest BCUT2D eigenvalue weighted by molar-refractivity contribution is -0.146. The number of methoxy groups -OCH3 is 4. The van der Waals surface area contributed by atoms with E-state index in [1.54, 1.807) is 0 Å². The highest BCUT2D eigenvalue weighted by molar-refractivity contribution is 7.80. The van der Waals surface area contributed by atoms with Crippen molar-refractivity contribution >= 4 is 35.1 Å². The van der Waals surface area contributed by atoms with Gasteiger partial charge in [-0.2, -0.15) is 0 Å². The summed E-state index contributed by atoms with van der Waals surface area (Å²) in [6.45, 7) is 0.390. The van der Waals surface area contributed by atoms with Gasteiger partial charge >= 0.3 is 5.97 Å². The molecule has 0 aliphatic heterocycles. The van der Waals surface area contributed by atoms with Gasteiger partial charge in [-0.3, -0.25) is 25.2 Å². The molecule has 11 nitrogen and oxygen atoms in total. The average molecular weight is 443 g/mol.